The quantitative estimate of drug-likeness (QED) is 0.445. The number of imide groups is 1. The summed E-state index contributed by atoms with van der Waals surface area (Å²) in [7, 11) is -3.77. The van der Waals surface area contributed by atoms with Crippen LogP contribution in [0.1, 0.15) is 53.1 Å². The molecule has 3 aliphatic heterocycles. The maximum Gasteiger partial charge on any atom is 0.255 e. The molecule has 12 heteroatoms. The second-order valence-electron chi connectivity index (χ2n) is 10.3. The number of piperidine rings is 2. The van der Waals surface area contributed by atoms with Crippen molar-refractivity contribution in [2.24, 2.45) is 0 Å². The van der Waals surface area contributed by atoms with E-state index in [1.54, 1.807) is 36.5 Å². The molecule has 1 atom stereocenters. The molecule has 2 aromatic carbocycles. The van der Waals surface area contributed by atoms with Gasteiger partial charge in [-0.25, -0.2) is 17.8 Å². The Bertz CT molecular complexity index is 1620. The smallest absolute Gasteiger partial charge is 0.255 e. The lowest BCUT2D eigenvalue weighted by Crippen LogP contribution is -2.52. The van der Waals surface area contributed by atoms with E-state index in [0.717, 1.165) is 0 Å². The first-order valence-corrected chi connectivity index (χ1v) is 14.8. The highest BCUT2D eigenvalue weighted by atomic mass is 32.2. The number of carbonyl (C=O) groups excluding carboxylic acids is 3. The molecule has 6 rings (SSSR count). The van der Waals surface area contributed by atoms with E-state index in [1.165, 1.54) is 33.5 Å². The number of rotatable bonds is 6. The number of halogens is 1. The van der Waals surface area contributed by atoms with Crippen LogP contribution in [0.25, 0.3) is 0 Å². The molecule has 0 spiro atoms. The summed E-state index contributed by atoms with van der Waals surface area (Å²) in [6, 6.07) is 13.2. The van der Waals surface area contributed by atoms with E-state index in [0.29, 0.717) is 35.6 Å². The van der Waals surface area contributed by atoms with Crippen molar-refractivity contribution in [1.29, 1.82) is 0 Å². The Morgan fingerprint density at radius 3 is 2.41 bits per heavy atom. The fraction of sp³-hybridized carbons (Fsp3) is 0.310. The van der Waals surface area contributed by atoms with Crippen LogP contribution in [0.5, 0.6) is 11.6 Å². The Kier molecular flexibility index (Phi) is 7.04. The summed E-state index contributed by atoms with van der Waals surface area (Å²) in [6.07, 6.45) is 2.84. The minimum Gasteiger partial charge on any atom is -0.439 e. The molecule has 2 fully saturated rings. The highest BCUT2D eigenvalue weighted by molar-refractivity contribution is 7.89. The number of hydrogen-bond donors (Lipinski definition) is 1. The fourth-order valence-electron chi connectivity index (χ4n) is 5.78. The average molecular weight is 579 g/mol. The van der Waals surface area contributed by atoms with Crippen molar-refractivity contribution in [3.05, 3.63) is 83.3 Å². The van der Waals surface area contributed by atoms with Gasteiger partial charge in [0, 0.05) is 43.9 Å². The van der Waals surface area contributed by atoms with Crippen LogP contribution in [0.3, 0.4) is 0 Å². The maximum atomic E-state index is 14.7. The van der Waals surface area contributed by atoms with Crippen molar-refractivity contribution in [2.45, 2.75) is 49.1 Å². The number of fused-ring (bicyclic) bond motifs is 1. The van der Waals surface area contributed by atoms with E-state index in [9.17, 15) is 27.2 Å². The van der Waals surface area contributed by atoms with E-state index in [4.69, 9.17) is 4.74 Å². The Hall–Kier alpha value is -4.16. The van der Waals surface area contributed by atoms with Crippen LogP contribution in [0.2, 0.25) is 0 Å². The van der Waals surface area contributed by atoms with Gasteiger partial charge in [-0.15, -0.1) is 0 Å². The minimum atomic E-state index is -3.77. The highest BCUT2D eigenvalue weighted by Gasteiger charge is 2.41. The van der Waals surface area contributed by atoms with Gasteiger partial charge in [-0.2, -0.15) is 4.31 Å². The van der Waals surface area contributed by atoms with E-state index in [1.807, 2.05) is 0 Å². The lowest BCUT2D eigenvalue weighted by atomic mass is 9.86. The largest absolute Gasteiger partial charge is 0.439 e. The zero-order valence-electron chi connectivity index (χ0n) is 22.0. The zero-order valence-corrected chi connectivity index (χ0v) is 22.8. The number of nitrogens with one attached hydrogen (secondary N) is 1. The second kappa shape index (κ2) is 10.7. The highest BCUT2D eigenvalue weighted by Crippen LogP contribution is 2.38. The van der Waals surface area contributed by atoms with Gasteiger partial charge in [-0.05, 0) is 78.8 Å². The van der Waals surface area contributed by atoms with E-state index in [2.05, 4.69) is 10.3 Å². The lowest BCUT2D eigenvalue weighted by molar-refractivity contribution is -0.136. The Morgan fingerprint density at radius 1 is 0.976 bits per heavy atom. The molecule has 212 valence electrons. The van der Waals surface area contributed by atoms with Gasteiger partial charge in [0.1, 0.15) is 17.6 Å². The van der Waals surface area contributed by atoms with Crippen molar-refractivity contribution in [3.63, 3.8) is 0 Å². The molecule has 0 saturated carbocycles. The average Bonchev–Trinajstić information content (AvgIpc) is 3.29. The van der Waals surface area contributed by atoms with E-state index < -0.39 is 33.7 Å². The van der Waals surface area contributed by atoms with Crippen LogP contribution in [-0.4, -0.2) is 59.5 Å². The molecular formula is C29H27FN4O6S. The number of amides is 3. The topological polar surface area (TPSA) is 126 Å². The maximum absolute atomic E-state index is 14.7. The number of carbonyl (C=O) groups is 3. The van der Waals surface area contributed by atoms with Gasteiger partial charge in [-0.3, -0.25) is 19.7 Å². The molecule has 3 aromatic rings. The van der Waals surface area contributed by atoms with E-state index >= 15 is 0 Å². The monoisotopic (exact) mass is 578 g/mol. The summed E-state index contributed by atoms with van der Waals surface area (Å²) in [5.41, 5.74) is 1.54. The minimum absolute atomic E-state index is 0.130. The van der Waals surface area contributed by atoms with Crippen LogP contribution in [0.4, 0.5) is 4.39 Å². The van der Waals surface area contributed by atoms with Crippen molar-refractivity contribution in [3.8, 4) is 11.6 Å². The van der Waals surface area contributed by atoms with Gasteiger partial charge in [0.15, 0.2) is 0 Å². The Morgan fingerprint density at radius 2 is 1.73 bits per heavy atom. The molecule has 1 unspecified atom stereocenters. The normalized spacial score (nSPS) is 20.2. The third kappa shape index (κ3) is 5.20. The Labute approximate surface area is 236 Å². The van der Waals surface area contributed by atoms with Gasteiger partial charge in [0.05, 0.1) is 4.90 Å². The Balaban J connectivity index is 1.15. The summed E-state index contributed by atoms with van der Waals surface area (Å²) in [4.78, 5) is 42.8. The first-order valence-electron chi connectivity index (χ1n) is 13.4. The number of hydrogen-bond acceptors (Lipinski definition) is 7. The predicted molar refractivity (Wildman–Crippen MR) is 144 cm³/mol. The number of ether oxygens (including phenoxy) is 1. The SMILES string of the molecule is O=C1CCC(N2Cc3c(cc(F)cc3C3CCN(S(=O)(=O)c4ccc(Oc5ccccn5)cc4)CC3)C2=O)C(=O)N1. The molecule has 1 aromatic heterocycles. The summed E-state index contributed by atoms with van der Waals surface area (Å²) in [5.74, 6) is -1.20. The molecule has 3 amide bonds. The molecule has 2 saturated heterocycles. The zero-order chi connectivity index (χ0) is 28.7. The van der Waals surface area contributed by atoms with Crippen molar-refractivity contribution < 1.29 is 31.9 Å². The summed E-state index contributed by atoms with van der Waals surface area (Å²) in [6.45, 7) is 0.603. The number of pyridine rings is 1. The molecule has 0 radical (unpaired) electrons. The molecule has 10 nitrogen and oxygen atoms in total. The number of sulfonamides is 1. The van der Waals surface area contributed by atoms with Gasteiger partial charge in [-0.1, -0.05) is 6.07 Å². The summed E-state index contributed by atoms with van der Waals surface area (Å²) >= 11 is 0. The molecular weight excluding hydrogens is 551 g/mol. The van der Waals surface area contributed by atoms with Crippen LogP contribution in [-0.2, 0) is 26.2 Å². The number of aromatic nitrogens is 1. The fourth-order valence-corrected chi connectivity index (χ4v) is 7.25. The van der Waals surface area contributed by atoms with Crippen LogP contribution in [0.15, 0.2) is 65.7 Å². The molecule has 41 heavy (non-hydrogen) atoms. The molecule has 3 aliphatic rings. The van der Waals surface area contributed by atoms with Crippen molar-refractivity contribution >= 4 is 27.7 Å². The first kappa shape index (κ1) is 27.0. The molecule has 4 heterocycles. The van der Waals surface area contributed by atoms with Crippen molar-refractivity contribution in [1.82, 2.24) is 19.5 Å². The molecule has 0 aliphatic carbocycles. The van der Waals surface area contributed by atoms with Crippen LogP contribution < -0.4 is 10.1 Å². The standard InChI is InChI=1S/C29H27FN4O6S/c30-19-15-22(24-17-34(29(37)23(24)16-19)25-8-9-26(35)32-28(25)36)18-10-13-33(14-11-18)41(38,39)21-6-4-20(5-7-21)40-27-3-1-2-12-31-27/h1-7,12,15-16,18,25H,8-11,13-14,17H2,(H,32,35,36). The summed E-state index contributed by atoms with van der Waals surface area (Å²) < 4.78 is 48.5. The van der Waals surface area contributed by atoms with E-state index in [-0.39, 0.29) is 54.8 Å². The van der Waals surface area contributed by atoms with Gasteiger partial charge in [0.25, 0.3) is 5.91 Å². The second-order valence-corrected chi connectivity index (χ2v) is 12.3. The van der Waals surface area contributed by atoms with Gasteiger partial charge in [0.2, 0.25) is 27.7 Å². The lowest BCUT2D eigenvalue weighted by Gasteiger charge is -2.32. The molecule has 0 bridgehead atoms. The van der Waals surface area contributed by atoms with Crippen LogP contribution >= 0.6 is 0 Å². The van der Waals surface area contributed by atoms with Gasteiger partial charge < -0.3 is 9.64 Å². The first-order chi connectivity index (χ1) is 19.7. The number of benzene rings is 2. The third-order valence-electron chi connectivity index (χ3n) is 7.87. The third-order valence-corrected chi connectivity index (χ3v) is 9.78. The molecule has 1 N–H and O–H groups in total. The van der Waals surface area contributed by atoms with Crippen molar-refractivity contribution in [2.75, 3.05) is 13.1 Å². The summed E-state index contributed by atoms with van der Waals surface area (Å²) in [5, 5.41) is 2.27. The number of nitrogens with zero attached hydrogens (tertiary/aromatic N) is 3. The predicted octanol–water partition coefficient (Wildman–Crippen LogP) is 3.34. The van der Waals surface area contributed by atoms with Crippen LogP contribution in [0, 0.1) is 5.82 Å². The van der Waals surface area contributed by atoms with Gasteiger partial charge >= 0.3 is 0 Å².